The first-order chi connectivity index (χ1) is 29.0. The van der Waals surface area contributed by atoms with E-state index in [1.165, 1.54) is 49.2 Å². The molecule has 0 saturated heterocycles. The van der Waals surface area contributed by atoms with E-state index in [1.807, 2.05) is 36.4 Å². The highest BCUT2D eigenvalue weighted by Gasteiger charge is 2.29. The van der Waals surface area contributed by atoms with Gasteiger partial charge in [-0.25, -0.2) is 15.0 Å². The molecule has 11 aromatic rings. The zero-order chi connectivity index (χ0) is 39.5. The molecule has 280 valence electrons. The second-order valence-electron chi connectivity index (χ2n) is 15.7. The molecule has 0 aliphatic carbocycles. The second-order valence-corrected chi connectivity index (χ2v) is 15.7. The fraction of sp³-hybridized carbons (Fsp3) is 0.0556. The van der Waals surface area contributed by atoms with Crippen LogP contribution in [0.2, 0.25) is 0 Å². The van der Waals surface area contributed by atoms with Gasteiger partial charge in [0, 0.05) is 49.5 Å². The fourth-order valence-corrected chi connectivity index (χ4v) is 8.68. The van der Waals surface area contributed by atoms with E-state index in [0.29, 0.717) is 11.6 Å². The molecular weight excluding hydrogens is 719 g/mol. The van der Waals surface area contributed by atoms with Crippen molar-refractivity contribution in [3.05, 3.63) is 212 Å². The first kappa shape index (κ1) is 34.6. The van der Waals surface area contributed by atoms with Crippen LogP contribution >= 0.6 is 0 Å². The Hall–Kier alpha value is -7.63. The second kappa shape index (κ2) is 13.8. The van der Waals surface area contributed by atoms with Gasteiger partial charge in [-0.15, -0.1) is 0 Å². The van der Waals surface area contributed by atoms with E-state index in [4.69, 9.17) is 15.0 Å². The number of rotatable bonds is 7. The highest BCUT2D eigenvalue weighted by molar-refractivity contribution is 6.12. The molecule has 8 aromatic carbocycles. The number of benzene rings is 8. The predicted octanol–water partition coefficient (Wildman–Crippen LogP) is 13.4. The zero-order valence-electron chi connectivity index (χ0n) is 32.8. The average Bonchev–Trinajstić information content (AvgIpc) is 3.82. The molecule has 3 aromatic heterocycles. The van der Waals surface area contributed by atoms with Crippen LogP contribution in [-0.4, -0.2) is 24.1 Å². The Morgan fingerprint density at radius 3 is 1.24 bits per heavy atom. The lowest BCUT2D eigenvalue weighted by Gasteiger charge is -2.25. The van der Waals surface area contributed by atoms with Crippen LogP contribution in [0.3, 0.4) is 0 Å². The summed E-state index contributed by atoms with van der Waals surface area (Å²) in [6.07, 6.45) is 0. The van der Waals surface area contributed by atoms with Crippen LogP contribution < -0.4 is 0 Å². The molecule has 0 bridgehead atoms. The molecule has 0 aliphatic heterocycles. The van der Waals surface area contributed by atoms with Crippen LogP contribution in [0.5, 0.6) is 0 Å². The zero-order valence-corrected chi connectivity index (χ0v) is 32.8. The van der Waals surface area contributed by atoms with E-state index >= 15 is 0 Å². The van der Waals surface area contributed by atoms with Gasteiger partial charge in [0.2, 0.25) is 0 Å². The van der Waals surface area contributed by atoms with Gasteiger partial charge >= 0.3 is 0 Å². The summed E-state index contributed by atoms with van der Waals surface area (Å²) < 4.78 is 4.78. The number of nitrogens with zero attached hydrogens (tertiary/aromatic N) is 5. The minimum absolute atomic E-state index is 0.511. The van der Waals surface area contributed by atoms with Gasteiger partial charge in [0.05, 0.1) is 22.1 Å². The maximum Gasteiger partial charge on any atom is 0.163 e. The predicted molar refractivity (Wildman–Crippen MR) is 243 cm³/mol. The van der Waals surface area contributed by atoms with Crippen molar-refractivity contribution in [2.75, 3.05) is 0 Å². The molecule has 3 heterocycles. The third-order valence-corrected chi connectivity index (χ3v) is 11.8. The van der Waals surface area contributed by atoms with Crippen LogP contribution in [0, 0.1) is 0 Å². The van der Waals surface area contributed by atoms with Crippen LogP contribution in [0.15, 0.2) is 200 Å². The Morgan fingerprint density at radius 2 is 0.746 bits per heavy atom. The summed E-state index contributed by atoms with van der Waals surface area (Å²) in [4.78, 5) is 15.1. The number of para-hydroxylation sites is 3. The summed E-state index contributed by atoms with van der Waals surface area (Å²) in [5.41, 5.74) is 11.9. The largest absolute Gasteiger partial charge is 0.309 e. The summed E-state index contributed by atoms with van der Waals surface area (Å²) in [6, 6.07) is 71.1. The van der Waals surface area contributed by atoms with E-state index in [-0.39, 0.29) is 0 Å². The molecule has 11 rings (SSSR count). The first-order valence-corrected chi connectivity index (χ1v) is 20.1. The van der Waals surface area contributed by atoms with E-state index in [1.54, 1.807) is 0 Å². The van der Waals surface area contributed by atoms with Gasteiger partial charge in [-0.05, 0) is 79.1 Å². The Bertz CT molecular complexity index is 3270. The molecule has 5 nitrogen and oxygen atoms in total. The van der Waals surface area contributed by atoms with E-state index in [9.17, 15) is 0 Å². The first-order valence-electron chi connectivity index (χ1n) is 20.1. The molecule has 0 N–H and O–H groups in total. The average molecular weight is 758 g/mol. The van der Waals surface area contributed by atoms with Crippen molar-refractivity contribution in [3.63, 3.8) is 0 Å². The summed E-state index contributed by atoms with van der Waals surface area (Å²) in [5.74, 6) is 2.06. The summed E-state index contributed by atoms with van der Waals surface area (Å²) >= 11 is 0. The highest BCUT2D eigenvalue weighted by atomic mass is 15.0. The molecule has 0 atom stereocenters. The third kappa shape index (κ3) is 5.81. The van der Waals surface area contributed by atoms with E-state index in [2.05, 4.69) is 187 Å². The van der Waals surface area contributed by atoms with Crippen molar-refractivity contribution in [2.45, 2.75) is 19.3 Å². The molecule has 59 heavy (non-hydrogen) atoms. The van der Waals surface area contributed by atoms with Gasteiger partial charge in [0.25, 0.3) is 0 Å². The topological polar surface area (TPSA) is 48.5 Å². The summed E-state index contributed by atoms with van der Waals surface area (Å²) in [7, 11) is 0. The van der Waals surface area contributed by atoms with E-state index < -0.39 is 5.41 Å². The number of aromatic nitrogens is 5. The van der Waals surface area contributed by atoms with Crippen LogP contribution in [0.4, 0.5) is 0 Å². The Labute approximate surface area is 342 Å². The van der Waals surface area contributed by atoms with Crippen molar-refractivity contribution < 1.29 is 0 Å². The molecule has 0 aliphatic rings. The van der Waals surface area contributed by atoms with Gasteiger partial charge in [0.1, 0.15) is 5.82 Å². The van der Waals surface area contributed by atoms with Crippen molar-refractivity contribution >= 4 is 43.6 Å². The Kier molecular flexibility index (Phi) is 8.09. The van der Waals surface area contributed by atoms with Gasteiger partial charge in [-0.1, -0.05) is 152 Å². The molecule has 0 amide bonds. The van der Waals surface area contributed by atoms with Crippen molar-refractivity contribution in [1.82, 2.24) is 24.1 Å². The van der Waals surface area contributed by atoms with Crippen molar-refractivity contribution in [3.8, 4) is 45.3 Å². The van der Waals surface area contributed by atoms with E-state index in [0.717, 1.165) is 39.4 Å². The lowest BCUT2D eigenvalue weighted by molar-refractivity contribution is 0.588. The molecule has 0 saturated carbocycles. The monoisotopic (exact) mass is 757 g/mol. The van der Waals surface area contributed by atoms with Gasteiger partial charge in [0.15, 0.2) is 11.6 Å². The molecule has 0 fully saturated rings. The maximum absolute atomic E-state index is 5.09. The standard InChI is InChI=1S/C54H39N5/c1-54(2,53-56-51(36-16-6-3-7-17-36)55-52(57-53)37-18-8-4-9-19-37)40-28-30-42(31-29-40)59-48-25-15-13-23-44(48)46-33-27-39(35-50(46)59)38-26-32-45-43-22-12-14-24-47(43)58(49(45)34-38)41-20-10-5-11-21-41/h3-35H,1-2H3. The summed E-state index contributed by atoms with van der Waals surface area (Å²) in [6.45, 7) is 4.39. The third-order valence-electron chi connectivity index (χ3n) is 11.8. The van der Waals surface area contributed by atoms with Crippen molar-refractivity contribution in [1.29, 1.82) is 0 Å². The highest BCUT2D eigenvalue weighted by Crippen LogP contribution is 2.39. The maximum atomic E-state index is 5.09. The van der Waals surface area contributed by atoms with Crippen LogP contribution in [0.25, 0.3) is 88.9 Å². The Morgan fingerprint density at radius 1 is 0.339 bits per heavy atom. The molecule has 5 heteroatoms. The fourth-order valence-electron chi connectivity index (χ4n) is 8.68. The normalized spacial score (nSPS) is 11.9. The SMILES string of the molecule is CC(C)(c1ccc(-n2c3ccccc3c3ccc(-c4ccc5c6ccccc6n(-c6ccccc6)c5c4)cc32)cc1)c1nc(-c2ccccc2)nc(-c2ccccc2)n1. The number of hydrogen-bond donors (Lipinski definition) is 0. The van der Waals surface area contributed by atoms with Gasteiger partial charge < -0.3 is 9.13 Å². The minimum atomic E-state index is -0.511. The number of fused-ring (bicyclic) bond motifs is 6. The molecule has 0 radical (unpaired) electrons. The lowest BCUT2D eigenvalue weighted by Crippen LogP contribution is -2.23. The quantitative estimate of drug-likeness (QED) is 0.163. The lowest BCUT2D eigenvalue weighted by atomic mass is 9.83. The smallest absolute Gasteiger partial charge is 0.163 e. The summed E-state index contributed by atoms with van der Waals surface area (Å²) in [5, 5.41) is 4.95. The molecule has 0 unspecified atom stereocenters. The van der Waals surface area contributed by atoms with Gasteiger partial charge in [-0.3, -0.25) is 0 Å². The van der Waals surface area contributed by atoms with Crippen LogP contribution in [-0.2, 0) is 5.41 Å². The Balaban J connectivity index is 1.02. The number of hydrogen-bond acceptors (Lipinski definition) is 3. The minimum Gasteiger partial charge on any atom is -0.309 e. The van der Waals surface area contributed by atoms with Crippen LogP contribution in [0.1, 0.15) is 25.2 Å². The molecule has 0 spiro atoms. The van der Waals surface area contributed by atoms with Gasteiger partial charge in [-0.2, -0.15) is 0 Å². The molecular formula is C54H39N5. The van der Waals surface area contributed by atoms with Crippen molar-refractivity contribution in [2.24, 2.45) is 0 Å².